The van der Waals surface area contributed by atoms with E-state index in [4.69, 9.17) is 15.8 Å². The molecule has 9 nitrogen and oxygen atoms in total. The zero-order valence-electron chi connectivity index (χ0n) is 15.9. The van der Waals surface area contributed by atoms with Crippen LogP contribution in [-0.2, 0) is 15.0 Å². The largest absolute Gasteiger partial charge is 0.480 e. The number of carboxylic acid groups (broad SMARTS) is 1. The van der Waals surface area contributed by atoms with Gasteiger partial charge in [-0.2, -0.15) is 30.2 Å². The molecule has 5 N–H and O–H groups in total. The molecule has 0 bridgehead atoms. The average Bonchev–Trinajstić information content (AvgIpc) is 2.87. The van der Waals surface area contributed by atoms with Crippen molar-refractivity contribution >= 4 is 23.3 Å². The maximum absolute atomic E-state index is 13.0. The summed E-state index contributed by atoms with van der Waals surface area (Å²) < 4.78 is 66.0. The molecule has 2 atom stereocenters. The number of hydrogen-bond donors (Lipinski definition) is 4. The van der Waals surface area contributed by atoms with Crippen LogP contribution < -0.4 is 5.73 Å². The summed E-state index contributed by atoms with van der Waals surface area (Å²) in [4.78, 5) is 11.7. The number of aliphatic carboxylic acids is 1. The first-order chi connectivity index (χ1) is 13.3. The molecule has 2 fully saturated rings. The third-order valence-corrected chi connectivity index (χ3v) is 7.56. The van der Waals surface area contributed by atoms with Crippen molar-refractivity contribution in [3.05, 3.63) is 0 Å². The van der Waals surface area contributed by atoms with Crippen molar-refractivity contribution < 1.29 is 41.5 Å². The minimum Gasteiger partial charge on any atom is -0.480 e. The number of nitrogens with two attached hydrogens (primary N) is 1. The van der Waals surface area contributed by atoms with Crippen LogP contribution in [-0.4, -0.2) is 83.2 Å². The summed E-state index contributed by atoms with van der Waals surface area (Å²) in [5, 5.41) is 27.4. The van der Waals surface area contributed by atoms with Crippen molar-refractivity contribution in [1.29, 1.82) is 0 Å². The molecule has 0 aromatic heterocycles. The van der Waals surface area contributed by atoms with E-state index in [0.717, 1.165) is 6.42 Å². The summed E-state index contributed by atoms with van der Waals surface area (Å²) in [5.74, 6) is -2.48. The predicted molar refractivity (Wildman–Crippen MR) is 97.7 cm³/mol. The molecule has 0 spiro atoms. The summed E-state index contributed by atoms with van der Waals surface area (Å²) in [6, 6.07) is 0. The van der Waals surface area contributed by atoms with Crippen molar-refractivity contribution in [2.75, 3.05) is 26.2 Å². The van der Waals surface area contributed by atoms with E-state index in [9.17, 15) is 31.5 Å². The Bertz CT molecular complexity index is 691. The van der Waals surface area contributed by atoms with E-state index in [-0.39, 0.29) is 38.2 Å². The zero-order valence-corrected chi connectivity index (χ0v) is 16.7. The fraction of sp³-hybridized carbons (Fsp3) is 0.933. The first-order valence-corrected chi connectivity index (χ1v) is 10.9. The molecule has 14 heteroatoms. The van der Waals surface area contributed by atoms with Gasteiger partial charge in [-0.1, -0.05) is 12.8 Å². The van der Waals surface area contributed by atoms with E-state index in [1.54, 1.807) is 0 Å². The number of carbonyl (C=O) groups is 1. The molecule has 1 saturated heterocycles. The molecule has 0 unspecified atom stereocenters. The summed E-state index contributed by atoms with van der Waals surface area (Å²) in [6.07, 6.45) is -2.40. The lowest BCUT2D eigenvalue weighted by atomic mass is 9.78. The lowest BCUT2D eigenvalue weighted by Crippen LogP contribution is -2.56. The second-order valence-corrected chi connectivity index (χ2v) is 9.89. The molecule has 168 valence electrons. The lowest BCUT2D eigenvalue weighted by Gasteiger charge is -2.34. The molecule has 0 aromatic rings. The molecule has 1 aliphatic carbocycles. The van der Waals surface area contributed by atoms with Crippen LogP contribution in [0.15, 0.2) is 0 Å². The smallest absolute Gasteiger partial charge is 0.451 e. The SMILES string of the molecule is N[C@@]1(C(=O)O)CN(S(=O)(=O)N(CC2CCC2)CC(F)(F)F)C[C@@H]1CCCB(O)O. The van der Waals surface area contributed by atoms with Crippen LogP contribution in [0.1, 0.15) is 32.1 Å². The number of rotatable bonds is 10. The summed E-state index contributed by atoms with van der Waals surface area (Å²) in [5.41, 5.74) is 3.98. The molecular formula is C15H27BF3N3O6S. The highest BCUT2D eigenvalue weighted by Crippen LogP contribution is 2.35. The molecule has 0 aromatic carbocycles. The summed E-state index contributed by atoms with van der Waals surface area (Å²) in [7, 11) is -6.18. The first-order valence-electron chi connectivity index (χ1n) is 9.46. The highest BCUT2D eigenvalue weighted by Gasteiger charge is 2.54. The van der Waals surface area contributed by atoms with E-state index in [2.05, 4.69) is 0 Å². The van der Waals surface area contributed by atoms with Crippen LogP contribution in [0.5, 0.6) is 0 Å². The Hall–Kier alpha value is -0.925. The minimum atomic E-state index is -4.74. The minimum absolute atomic E-state index is 0.0547. The lowest BCUT2D eigenvalue weighted by molar-refractivity contribution is -0.144. The van der Waals surface area contributed by atoms with Crippen molar-refractivity contribution in [2.24, 2.45) is 17.6 Å². The van der Waals surface area contributed by atoms with Gasteiger partial charge in [-0.3, -0.25) is 4.79 Å². The van der Waals surface area contributed by atoms with Gasteiger partial charge in [0.05, 0.1) is 0 Å². The van der Waals surface area contributed by atoms with Gasteiger partial charge in [0, 0.05) is 25.6 Å². The second-order valence-electron chi connectivity index (χ2n) is 7.96. The van der Waals surface area contributed by atoms with Gasteiger partial charge in [-0.05, 0) is 31.5 Å². The number of hydrogen-bond acceptors (Lipinski definition) is 6. The van der Waals surface area contributed by atoms with Crippen LogP contribution in [0, 0.1) is 11.8 Å². The van der Waals surface area contributed by atoms with Gasteiger partial charge in [-0.25, -0.2) is 0 Å². The fourth-order valence-electron chi connectivity index (χ4n) is 3.77. The van der Waals surface area contributed by atoms with Crippen molar-refractivity contribution in [1.82, 2.24) is 8.61 Å². The molecule has 2 aliphatic rings. The van der Waals surface area contributed by atoms with Gasteiger partial charge in [0.15, 0.2) is 0 Å². The summed E-state index contributed by atoms with van der Waals surface area (Å²) >= 11 is 0. The molecule has 1 heterocycles. The van der Waals surface area contributed by atoms with Gasteiger partial charge in [0.2, 0.25) is 0 Å². The Morgan fingerprint density at radius 2 is 1.93 bits per heavy atom. The molecule has 29 heavy (non-hydrogen) atoms. The van der Waals surface area contributed by atoms with E-state index in [1.165, 1.54) is 0 Å². The molecule has 1 saturated carbocycles. The first kappa shape index (κ1) is 24.3. The van der Waals surface area contributed by atoms with E-state index < -0.39 is 54.0 Å². The maximum atomic E-state index is 13.0. The maximum Gasteiger partial charge on any atom is 0.451 e. The normalized spacial score (nSPS) is 26.7. The molecule has 2 rings (SSSR count). The van der Waals surface area contributed by atoms with E-state index in [1.807, 2.05) is 0 Å². The second kappa shape index (κ2) is 9.06. The number of carboxylic acids is 1. The Morgan fingerprint density at radius 1 is 1.31 bits per heavy atom. The number of nitrogens with zero attached hydrogens (tertiary/aromatic N) is 2. The van der Waals surface area contributed by atoms with Crippen LogP contribution in [0.25, 0.3) is 0 Å². The average molecular weight is 445 g/mol. The zero-order chi connectivity index (χ0) is 22.0. The highest BCUT2D eigenvalue weighted by molar-refractivity contribution is 7.86. The Kier molecular flexibility index (Phi) is 7.61. The summed E-state index contributed by atoms with van der Waals surface area (Å²) in [6.45, 7) is -2.90. The van der Waals surface area contributed by atoms with E-state index >= 15 is 0 Å². The van der Waals surface area contributed by atoms with Gasteiger partial charge in [-0.15, -0.1) is 0 Å². The quantitative estimate of drug-likeness (QED) is 0.343. The Morgan fingerprint density at radius 3 is 2.38 bits per heavy atom. The van der Waals surface area contributed by atoms with Crippen LogP contribution in [0.4, 0.5) is 13.2 Å². The highest BCUT2D eigenvalue weighted by atomic mass is 32.2. The third kappa shape index (κ3) is 6.04. The number of alkyl halides is 3. The van der Waals surface area contributed by atoms with Gasteiger partial charge in [0.25, 0.3) is 10.2 Å². The monoisotopic (exact) mass is 445 g/mol. The van der Waals surface area contributed by atoms with Gasteiger partial charge < -0.3 is 20.9 Å². The van der Waals surface area contributed by atoms with Gasteiger partial charge >= 0.3 is 19.3 Å². The van der Waals surface area contributed by atoms with Crippen LogP contribution in [0.3, 0.4) is 0 Å². The fourth-order valence-corrected chi connectivity index (χ4v) is 5.56. The van der Waals surface area contributed by atoms with Crippen LogP contribution >= 0.6 is 0 Å². The predicted octanol–water partition coefficient (Wildman–Crippen LogP) is -0.138. The standard InChI is InChI=1S/C15H27BF3N3O6S/c17-15(18,19)10-21(7-11-3-1-4-11)29(27,28)22-8-12(5-2-6-16(25)26)14(20,9-22)13(23)24/h11-12,25-26H,1-10,20H2,(H,23,24)/t12-,14-/m0/s1. The molecular weight excluding hydrogens is 418 g/mol. The Labute approximate surface area is 168 Å². The topological polar surface area (TPSA) is 144 Å². The van der Waals surface area contributed by atoms with Crippen LogP contribution in [0.2, 0.25) is 6.32 Å². The molecule has 0 amide bonds. The van der Waals surface area contributed by atoms with Crippen molar-refractivity contribution in [2.45, 2.75) is 50.1 Å². The van der Waals surface area contributed by atoms with Crippen molar-refractivity contribution in [3.63, 3.8) is 0 Å². The molecule has 0 radical (unpaired) electrons. The van der Waals surface area contributed by atoms with Crippen molar-refractivity contribution in [3.8, 4) is 0 Å². The van der Waals surface area contributed by atoms with E-state index in [0.29, 0.717) is 21.5 Å². The Balaban J connectivity index is 2.20. The third-order valence-electron chi connectivity index (χ3n) is 5.70. The number of halogens is 3. The van der Waals surface area contributed by atoms with Gasteiger partial charge in [0.1, 0.15) is 12.1 Å². The molecule has 1 aliphatic heterocycles.